The maximum Gasteiger partial charge on any atom is 0.251 e. The quantitative estimate of drug-likeness (QED) is 0.856. The van der Waals surface area contributed by atoms with Crippen molar-refractivity contribution in [2.24, 2.45) is 0 Å². The Morgan fingerprint density at radius 2 is 1.68 bits per heavy atom. The first kappa shape index (κ1) is 18.9. The van der Waals surface area contributed by atoms with Gasteiger partial charge in [-0.25, -0.2) is 12.8 Å². The summed E-state index contributed by atoms with van der Waals surface area (Å²) in [6.07, 6.45) is 1.14. The number of hydrogen-bond acceptors (Lipinski definition) is 3. The summed E-state index contributed by atoms with van der Waals surface area (Å²) in [4.78, 5) is 12.3. The number of anilines is 1. The Labute approximate surface area is 147 Å². The van der Waals surface area contributed by atoms with E-state index in [0.717, 1.165) is 11.8 Å². The second-order valence-corrected chi connectivity index (χ2v) is 7.63. The molecule has 0 radical (unpaired) electrons. The highest BCUT2D eigenvalue weighted by Crippen LogP contribution is 2.19. The van der Waals surface area contributed by atoms with E-state index in [4.69, 9.17) is 0 Å². The van der Waals surface area contributed by atoms with E-state index >= 15 is 0 Å². The molecule has 0 heterocycles. The Balaban J connectivity index is 2.11. The molecule has 1 unspecified atom stereocenters. The second kappa shape index (κ2) is 7.65. The fourth-order valence-corrected chi connectivity index (χ4v) is 3.48. The molecule has 2 aromatic rings. The van der Waals surface area contributed by atoms with E-state index in [2.05, 4.69) is 5.32 Å². The first-order valence-electron chi connectivity index (χ1n) is 7.86. The minimum absolute atomic E-state index is 0.282. The lowest BCUT2D eigenvalue weighted by Gasteiger charge is -2.20. The zero-order valence-electron chi connectivity index (χ0n) is 14.4. The Bertz CT molecular complexity index is 834. The Hall–Kier alpha value is -2.41. The van der Waals surface area contributed by atoms with Gasteiger partial charge < -0.3 is 5.32 Å². The van der Waals surface area contributed by atoms with Crippen molar-refractivity contribution in [2.45, 2.75) is 19.9 Å². The molecule has 0 aliphatic rings. The highest BCUT2D eigenvalue weighted by Gasteiger charge is 2.16. The average molecular weight is 364 g/mol. The minimum Gasteiger partial charge on any atom is -0.346 e. The molecule has 1 amide bonds. The van der Waals surface area contributed by atoms with Crippen LogP contribution in [0.4, 0.5) is 10.1 Å². The number of rotatable bonds is 6. The monoisotopic (exact) mass is 364 g/mol. The summed E-state index contributed by atoms with van der Waals surface area (Å²) >= 11 is 0. The van der Waals surface area contributed by atoms with Gasteiger partial charge in [0.2, 0.25) is 10.0 Å². The molecular formula is C18H21FN2O3S. The topological polar surface area (TPSA) is 66.5 Å². The normalized spacial score (nSPS) is 12.5. The summed E-state index contributed by atoms with van der Waals surface area (Å²) in [5.74, 6) is -0.616. The first-order valence-corrected chi connectivity index (χ1v) is 9.71. The van der Waals surface area contributed by atoms with E-state index in [1.807, 2.05) is 6.92 Å². The number of sulfonamides is 1. The lowest BCUT2D eigenvalue weighted by molar-refractivity contribution is 0.0940. The highest BCUT2D eigenvalue weighted by atomic mass is 32.2. The van der Waals surface area contributed by atoms with Crippen molar-refractivity contribution in [3.63, 3.8) is 0 Å². The van der Waals surface area contributed by atoms with Gasteiger partial charge in [-0.1, -0.05) is 12.1 Å². The van der Waals surface area contributed by atoms with Crippen LogP contribution >= 0.6 is 0 Å². The summed E-state index contributed by atoms with van der Waals surface area (Å²) in [6.45, 7) is 3.86. The second-order valence-electron chi connectivity index (χ2n) is 5.72. The number of carbonyl (C=O) groups is 1. The average Bonchev–Trinajstić information content (AvgIpc) is 2.55. The van der Waals surface area contributed by atoms with Crippen LogP contribution in [0.15, 0.2) is 48.5 Å². The fourth-order valence-electron chi connectivity index (χ4n) is 2.50. The van der Waals surface area contributed by atoms with Gasteiger partial charge in [0.25, 0.3) is 5.91 Å². The molecule has 134 valence electrons. The lowest BCUT2D eigenvalue weighted by atomic mass is 10.1. The molecule has 0 spiro atoms. The van der Waals surface area contributed by atoms with Crippen molar-refractivity contribution in [1.29, 1.82) is 0 Å². The van der Waals surface area contributed by atoms with Gasteiger partial charge in [-0.3, -0.25) is 9.10 Å². The van der Waals surface area contributed by atoms with E-state index in [0.29, 0.717) is 17.8 Å². The van der Waals surface area contributed by atoms with Crippen LogP contribution in [-0.4, -0.2) is 27.1 Å². The van der Waals surface area contributed by atoms with Crippen LogP contribution in [0.5, 0.6) is 0 Å². The zero-order valence-corrected chi connectivity index (χ0v) is 15.2. The molecule has 0 bridgehead atoms. The van der Waals surface area contributed by atoms with Gasteiger partial charge in [0.1, 0.15) is 5.82 Å². The predicted molar refractivity (Wildman–Crippen MR) is 96.6 cm³/mol. The Kier molecular flexibility index (Phi) is 5.79. The van der Waals surface area contributed by atoms with E-state index in [1.165, 1.54) is 16.4 Å². The number of nitrogens with zero attached hydrogens (tertiary/aromatic N) is 1. The Morgan fingerprint density at radius 3 is 2.16 bits per heavy atom. The van der Waals surface area contributed by atoms with E-state index in [-0.39, 0.29) is 17.8 Å². The summed E-state index contributed by atoms with van der Waals surface area (Å²) in [5, 5.41) is 2.83. The van der Waals surface area contributed by atoms with Crippen molar-refractivity contribution in [3.05, 3.63) is 65.5 Å². The number of benzene rings is 2. The SMILES string of the molecule is CCN(c1ccc(C(=O)NC(C)c2ccc(F)cc2)cc1)S(C)(=O)=O. The van der Waals surface area contributed by atoms with Gasteiger partial charge in [-0.15, -0.1) is 0 Å². The number of halogens is 1. The molecular weight excluding hydrogens is 343 g/mol. The maximum atomic E-state index is 13.0. The van der Waals surface area contributed by atoms with Crippen LogP contribution in [0.2, 0.25) is 0 Å². The van der Waals surface area contributed by atoms with E-state index in [9.17, 15) is 17.6 Å². The zero-order chi connectivity index (χ0) is 18.6. The lowest BCUT2D eigenvalue weighted by Crippen LogP contribution is -2.29. The van der Waals surface area contributed by atoms with Crippen molar-refractivity contribution >= 4 is 21.6 Å². The smallest absolute Gasteiger partial charge is 0.251 e. The minimum atomic E-state index is -3.36. The van der Waals surface area contributed by atoms with Crippen molar-refractivity contribution < 1.29 is 17.6 Å². The van der Waals surface area contributed by atoms with Crippen molar-refractivity contribution in [1.82, 2.24) is 5.32 Å². The maximum absolute atomic E-state index is 13.0. The molecule has 0 saturated carbocycles. The molecule has 0 aliphatic carbocycles. The summed E-state index contributed by atoms with van der Waals surface area (Å²) < 4.78 is 37.7. The number of nitrogens with one attached hydrogen (secondary N) is 1. The molecule has 7 heteroatoms. The predicted octanol–water partition coefficient (Wildman–Crippen LogP) is 3.10. The largest absolute Gasteiger partial charge is 0.346 e. The number of amides is 1. The fraction of sp³-hybridized carbons (Fsp3) is 0.278. The summed E-state index contributed by atoms with van der Waals surface area (Å²) in [5.41, 5.74) is 1.72. The molecule has 5 nitrogen and oxygen atoms in total. The molecule has 0 aromatic heterocycles. The molecule has 25 heavy (non-hydrogen) atoms. The molecule has 2 aromatic carbocycles. The van der Waals surface area contributed by atoms with Crippen LogP contribution < -0.4 is 9.62 Å². The van der Waals surface area contributed by atoms with Gasteiger partial charge in [-0.05, 0) is 55.8 Å². The highest BCUT2D eigenvalue weighted by molar-refractivity contribution is 7.92. The third-order valence-electron chi connectivity index (χ3n) is 3.82. The van der Waals surface area contributed by atoms with E-state index < -0.39 is 10.0 Å². The molecule has 0 aliphatic heterocycles. The van der Waals surface area contributed by atoms with Crippen LogP contribution in [0.1, 0.15) is 35.8 Å². The van der Waals surface area contributed by atoms with Gasteiger partial charge in [0, 0.05) is 12.1 Å². The Morgan fingerprint density at radius 1 is 1.12 bits per heavy atom. The third kappa shape index (κ3) is 4.79. The first-order chi connectivity index (χ1) is 11.7. The van der Waals surface area contributed by atoms with Gasteiger partial charge in [-0.2, -0.15) is 0 Å². The van der Waals surface area contributed by atoms with Crippen LogP contribution in [0, 0.1) is 5.82 Å². The van der Waals surface area contributed by atoms with Crippen molar-refractivity contribution in [3.8, 4) is 0 Å². The van der Waals surface area contributed by atoms with Gasteiger partial charge in [0.15, 0.2) is 0 Å². The van der Waals surface area contributed by atoms with Crippen LogP contribution in [0.25, 0.3) is 0 Å². The standard InChI is InChI=1S/C18H21FN2O3S/c1-4-21(25(3,23)24)17-11-7-15(8-12-17)18(22)20-13(2)14-5-9-16(19)10-6-14/h5-13H,4H2,1-3H3,(H,20,22). The number of hydrogen-bond donors (Lipinski definition) is 1. The van der Waals surface area contributed by atoms with E-state index in [1.54, 1.807) is 43.3 Å². The third-order valence-corrected chi connectivity index (χ3v) is 5.09. The summed E-state index contributed by atoms with van der Waals surface area (Å²) in [7, 11) is -3.36. The summed E-state index contributed by atoms with van der Waals surface area (Å²) in [6, 6.07) is 12.0. The molecule has 0 saturated heterocycles. The van der Waals surface area contributed by atoms with Gasteiger partial charge in [0.05, 0.1) is 18.0 Å². The molecule has 1 atom stereocenters. The van der Waals surface area contributed by atoms with Crippen LogP contribution in [-0.2, 0) is 10.0 Å². The molecule has 2 rings (SSSR count). The molecule has 1 N–H and O–H groups in total. The number of carbonyl (C=O) groups excluding carboxylic acids is 1. The van der Waals surface area contributed by atoms with Crippen molar-refractivity contribution in [2.75, 3.05) is 17.1 Å². The molecule has 0 fully saturated rings. The van der Waals surface area contributed by atoms with Gasteiger partial charge >= 0.3 is 0 Å². The van der Waals surface area contributed by atoms with Crippen LogP contribution in [0.3, 0.4) is 0 Å².